The third kappa shape index (κ3) is 4.23. The van der Waals surface area contributed by atoms with Crippen LogP contribution in [0.15, 0.2) is 48.5 Å². The van der Waals surface area contributed by atoms with Crippen LogP contribution >= 0.6 is 0 Å². The van der Waals surface area contributed by atoms with Crippen LogP contribution in [-0.2, 0) is 20.8 Å². The van der Waals surface area contributed by atoms with Crippen LogP contribution in [0.1, 0.15) is 5.56 Å². The van der Waals surface area contributed by atoms with Gasteiger partial charge in [-0.2, -0.15) is 0 Å². The summed E-state index contributed by atoms with van der Waals surface area (Å²) in [6.07, 6.45) is 0.247. The molecule has 29 heavy (non-hydrogen) atoms. The first kappa shape index (κ1) is 20.0. The lowest BCUT2D eigenvalue weighted by Crippen LogP contribution is -2.42. The zero-order valence-electron chi connectivity index (χ0n) is 15.6. The lowest BCUT2D eigenvalue weighted by Gasteiger charge is -2.15. The van der Waals surface area contributed by atoms with Gasteiger partial charge in [-0.1, -0.05) is 18.2 Å². The molecule has 0 spiro atoms. The quantitative estimate of drug-likeness (QED) is 0.562. The second-order valence-corrected chi connectivity index (χ2v) is 6.20. The molecule has 0 atom stereocenters. The molecule has 0 saturated carbocycles. The van der Waals surface area contributed by atoms with E-state index in [-0.39, 0.29) is 24.5 Å². The third-order valence-corrected chi connectivity index (χ3v) is 4.36. The highest BCUT2D eigenvalue weighted by Gasteiger charge is 2.46. The van der Waals surface area contributed by atoms with E-state index in [2.05, 4.69) is 5.32 Å². The minimum Gasteiger partial charge on any atom is -0.497 e. The van der Waals surface area contributed by atoms with Gasteiger partial charge in [-0.25, -0.2) is 19.0 Å². The van der Waals surface area contributed by atoms with Gasteiger partial charge in [0.15, 0.2) is 0 Å². The smallest absolute Gasteiger partial charge is 0.339 e. The standard InChI is InChI=1S/C20H18FN3O5/c1-29-15-8-6-14(7-9-15)24-19(27)18(26)23(20(24)28)12-17(25)22-11-10-13-4-2-3-5-16(13)21/h2-9H,10-12H2,1H3,(H,22,25). The zero-order valence-corrected chi connectivity index (χ0v) is 15.6. The number of nitrogens with zero attached hydrogens (tertiary/aromatic N) is 2. The predicted octanol–water partition coefficient (Wildman–Crippen LogP) is 1.49. The van der Waals surface area contributed by atoms with Crippen molar-refractivity contribution in [3.63, 3.8) is 0 Å². The van der Waals surface area contributed by atoms with Crippen LogP contribution < -0.4 is 15.0 Å². The SMILES string of the molecule is COc1ccc(N2C(=O)C(=O)N(CC(=O)NCCc3ccccc3F)C2=O)cc1. The summed E-state index contributed by atoms with van der Waals surface area (Å²) < 4.78 is 18.6. The minimum absolute atomic E-state index is 0.117. The molecule has 0 radical (unpaired) electrons. The maximum atomic E-state index is 13.6. The highest BCUT2D eigenvalue weighted by atomic mass is 19.1. The lowest BCUT2D eigenvalue weighted by molar-refractivity contribution is -0.140. The summed E-state index contributed by atoms with van der Waals surface area (Å²) in [7, 11) is 1.47. The monoisotopic (exact) mass is 399 g/mol. The summed E-state index contributed by atoms with van der Waals surface area (Å²) in [6, 6.07) is 11.2. The molecule has 2 aromatic carbocycles. The molecule has 0 unspecified atom stereocenters. The highest BCUT2D eigenvalue weighted by molar-refractivity contribution is 6.53. The number of rotatable bonds is 7. The summed E-state index contributed by atoms with van der Waals surface area (Å²) >= 11 is 0. The van der Waals surface area contributed by atoms with Crippen molar-refractivity contribution in [2.75, 3.05) is 25.1 Å². The fourth-order valence-electron chi connectivity index (χ4n) is 2.84. The molecule has 1 N–H and O–H groups in total. The molecule has 5 amide bonds. The van der Waals surface area contributed by atoms with Crippen LogP contribution in [0.25, 0.3) is 0 Å². The number of amides is 5. The van der Waals surface area contributed by atoms with Crippen molar-refractivity contribution < 1.29 is 28.3 Å². The maximum Gasteiger partial charge on any atom is 0.339 e. The normalized spacial score (nSPS) is 13.8. The summed E-state index contributed by atoms with van der Waals surface area (Å²) in [5.41, 5.74) is 0.624. The average Bonchev–Trinajstić information content (AvgIpc) is 2.93. The van der Waals surface area contributed by atoms with E-state index < -0.39 is 30.3 Å². The number of anilines is 1. The first-order chi connectivity index (χ1) is 13.9. The number of carbonyl (C=O) groups excluding carboxylic acids is 4. The average molecular weight is 399 g/mol. The molecule has 0 aromatic heterocycles. The van der Waals surface area contributed by atoms with Crippen LogP contribution in [0.4, 0.5) is 14.9 Å². The molecule has 3 rings (SSSR count). The van der Waals surface area contributed by atoms with E-state index in [9.17, 15) is 23.6 Å². The number of halogens is 1. The van der Waals surface area contributed by atoms with Gasteiger partial charge in [-0.05, 0) is 42.3 Å². The Morgan fingerprint density at radius 2 is 1.72 bits per heavy atom. The maximum absolute atomic E-state index is 13.6. The van der Waals surface area contributed by atoms with Crippen LogP contribution in [0.3, 0.4) is 0 Å². The number of imide groups is 2. The predicted molar refractivity (Wildman–Crippen MR) is 101 cm³/mol. The number of nitrogens with one attached hydrogen (secondary N) is 1. The first-order valence-electron chi connectivity index (χ1n) is 8.76. The first-order valence-corrected chi connectivity index (χ1v) is 8.76. The van der Waals surface area contributed by atoms with Crippen molar-refractivity contribution in [1.29, 1.82) is 0 Å². The van der Waals surface area contributed by atoms with E-state index in [4.69, 9.17) is 4.74 Å². The Morgan fingerprint density at radius 1 is 1.03 bits per heavy atom. The second-order valence-electron chi connectivity index (χ2n) is 6.20. The number of urea groups is 1. The number of benzene rings is 2. The number of methoxy groups -OCH3 is 1. The molecular weight excluding hydrogens is 381 g/mol. The van der Waals surface area contributed by atoms with E-state index in [0.29, 0.717) is 21.1 Å². The molecule has 1 aliphatic heterocycles. The lowest BCUT2D eigenvalue weighted by atomic mass is 10.1. The van der Waals surface area contributed by atoms with Crippen molar-refractivity contribution in [3.8, 4) is 5.75 Å². The van der Waals surface area contributed by atoms with Gasteiger partial charge in [0.2, 0.25) is 5.91 Å². The van der Waals surface area contributed by atoms with Crippen molar-refractivity contribution in [2.24, 2.45) is 0 Å². The van der Waals surface area contributed by atoms with Crippen molar-refractivity contribution in [2.45, 2.75) is 6.42 Å². The molecular formula is C20H18FN3O5. The van der Waals surface area contributed by atoms with Gasteiger partial charge < -0.3 is 10.1 Å². The Labute approximate surface area is 165 Å². The largest absolute Gasteiger partial charge is 0.497 e. The molecule has 0 aliphatic carbocycles. The molecule has 8 nitrogen and oxygen atoms in total. The Hall–Kier alpha value is -3.75. The number of hydrogen-bond donors (Lipinski definition) is 1. The van der Waals surface area contributed by atoms with Crippen LogP contribution in [0.2, 0.25) is 0 Å². The van der Waals surface area contributed by atoms with Crippen LogP contribution in [0, 0.1) is 5.82 Å². The topological polar surface area (TPSA) is 96.0 Å². The molecule has 1 saturated heterocycles. The molecule has 150 valence electrons. The van der Waals surface area contributed by atoms with E-state index in [0.717, 1.165) is 0 Å². The van der Waals surface area contributed by atoms with E-state index in [1.165, 1.54) is 25.3 Å². The van der Waals surface area contributed by atoms with Gasteiger partial charge >= 0.3 is 17.8 Å². The van der Waals surface area contributed by atoms with Crippen molar-refractivity contribution in [3.05, 3.63) is 59.9 Å². The Kier molecular flexibility index (Phi) is 5.87. The number of carbonyl (C=O) groups is 4. The van der Waals surface area contributed by atoms with Gasteiger partial charge in [0.1, 0.15) is 18.1 Å². The Morgan fingerprint density at radius 3 is 2.38 bits per heavy atom. The molecule has 2 aromatic rings. The van der Waals surface area contributed by atoms with Crippen molar-refractivity contribution in [1.82, 2.24) is 10.2 Å². The minimum atomic E-state index is -1.09. The molecule has 1 heterocycles. The highest BCUT2D eigenvalue weighted by Crippen LogP contribution is 2.24. The van der Waals surface area contributed by atoms with Gasteiger partial charge in [0.05, 0.1) is 12.8 Å². The summed E-state index contributed by atoms with van der Waals surface area (Å²) in [5, 5.41) is 2.51. The van der Waals surface area contributed by atoms with E-state index in [1.807, 2.05) is 0 Å². The molecule has 1 aliphatic rings. The Bertz CT molecular complexity index is 961. The summed E-state index contributed by atoms with van der Waals surface area (Å²) in [4.78, 5) is 50.3. The van der Waals surface area contributed by atoms with Gasteiger partial charge in [0, 0.05) is 6.54 Å². The summed E-state index contributed by atoms with van der Waals surface area (Å²) in [5.74, 6) is -2.63. The van der Waals surface area contributed by atoms with Crippen LogP contribution in [0.5, 0.6) is 5.75 Å². The molecule has 1 fully saturated rings. The zero-order chi connectivity index (χ0) is 21.0. The Balaban J connectivity index is 1.60. The van der Waals surface area contributed by atoms with Crippen LogP contribution in [-0.4, -0.2) is 48.9 Å². The number of ether oxygens (including phenoxy) is 1. The van der Waals surface area contributed by atoms with E-state index in [1.54, 1.807) is 30.3 Å². The van der Waals surface area contributed by atoms with E-state index >= 15 is 0 Å². The summed E-state index contributed by atoms with van der Waals surface area (Å²) in [6.45, 7) is -0.487. The van der Waals surface area contributed by atoms with Gasteiger partial charge in [-0.15, -0.1) is 0 Å². The van der Waals surface area contributed by atoms with Gasteiger partial charge in [-0.3, -0.25) is 14.4 Å². The van der Waals surface area contributed by atoms with Crippen molar-refractivity contribution >= 4 is 29.4 Å². The molecule has 0 bridgehead atoms. The molecule has 9 heteroatoms. The second kappa shape index (κ2) is 8.51. The van der Waals surface area contributed by atoms with Gasteiger partial charge in [0.25, 0.3) is 0 Å². The number of hydrogen-bond acceptors (Lipinski definition) is 5. The fourth-order valence-corrected chi connectivity index (χ4v) is 2.84. The third-order valence-electron chi connectivity index (χ3n) is 4.36. The fraction of sp³-hybridized carbons (Fsp3) is 0.200.